The van der Waals surface area contributed by atoms with Crippen LogP contribution in [-0.4, -0.2) is 29.1 Å². The van der Waals surface area contributed by atoms with Gasteiger partial charge in [0.1, 0.15) is 5.57 Å². The fraction of sp³-hybridized carbons (Fsp3) is 0.273. The average Bonchev–Trinajstić information content (AvgIpc) is 2.29. The van der Waals surface area contributed by atoms with Crippen molar-refractivity contribution in [1.82, 2.24) is 0 Å². The number of carboxylic acid groups (broad SMARTS) is 1. The molecule has 18 heavy (non-hydrogen) atoms. The van der Waals surface area contributed by atoms with E-state index < -0.39 is 22.2 Å². The SMILES string of the molecule is C=C/C(C(=O)O)=C(\C=C/C)[N+](=O)[O-].COC(C)=O. The first-order chi connectivity index (χ1) is 8.31. The first-order valence-electron chi connectivity index (χ1n) is 4.73. The lowest BCUT2D eigenvalue weighted by Gasteiger charge is -1.95. The minimum Gasteiger partial charge on any atom is -0.477 e. The van der Waals surface area contributed by atoms with Gasteiger partial charge in [-0.1, -0.05) is 12.7 Å². The van der Waals surface area contributed by atoms with Crippen molar-refractivity contribution in [2.45, 2.75) is 13.8 Å². The number of nitro groups is 1. The molecule has 0 bridgehead atoms. The Bertz CT molecular complexity index is 394. The van der Waals surface area contributed by atoms with Crippen molar-refractivity contribution in [3.8, 4) is 0 Å². The van der Waals surface area contributed by atoms with Crippen LogP contribution in [0.5, 0.6) is 0 Å². The van der Waals surface area contributed by atoms with Crippen LogP contribution in [0.1, 0.15) is 13.8 Å². The molecule has 0 radical (unpaired) electrons. The van der Waals surface area contributed by atoms with Gasteiger partial charge in [0, 0.05) is 13.0 Å². The number of ether oxygens (including phenoxy) is 1. The molecular weight excluding hydrogens is 242 g/mol. The minimum atomic E-state index is -1.36. The molecule has 0 amide bonds. The fourth-order valence-corrected chi connectivity index (χ4v) is 0.708. The van der Waals surface area contributed by atoms with Crippen LogP contribution < -0.4 is 0 Å². The zero-order valence-corrected chi connectivity index (χ0v) is 10.4. The van der Waals surface area contributed by atoms with Crippen molar-refractivity contribution in [2.75, 3.05) is 7.11 Å². The molecule has 0 fully saturated rings. The molecule has 0 aliphatic rings. The highest BCUT2D eigenvalue weighted by molar-refractivity contribution is 5.90. The predicted octanol–water partition coefficient (Wildman–Crippen LogP) is 1.54. The number of allylic oxidation sites excluding steroid dienone is 2. The summed E-state index contributed by atoms with van der Waals surface area (Å²) in [5.74, 6) is -1.61. The van der Waals surface area contributed by atoms with E-state index in [0.717, 1.165) is 12.2 Å². The smallest absolute Gasteiger partial charge is 0.342 e. The summed E-state index contributed by atoms with van der Waals surface area (Å²) in [6.45, 7) is 6.11. The van der Waals surface area contributed by atoms with Gasteiger partial charge in [0.05, 0.1) is 12.0 Å². The Morgan fingerprint density at radius 1 is 1.44 bits per heavy atom. The zero-order chi connectivity index (χ0) is 14.7. The molecule has 0 heterocycles. The van der Waals surface area contributed by atoms with Crippen molar-refractivity contribution >= 4 is 11.9 Å². The normalized spacial score (nSPS) is 10.8. The van der Waals surface area contributed by atoms with Gasteiger partial charge in [-0.25, -0.2) is 4.79 Å². The Labute approximate surface area is 104 Å². The van der Waals surface area contributed by atoms with E-state index in [1.807, 2.05) is 0 Å². The summed E-state index contributed by atoms with van der Waals surface area (Å²) in [5.41, 5.74) is -0.881. The summed E-state index contributed by atoms with van der Waals surface area (Å²) < 4.78 is 4.11. The molecule has 7 heteroatoms. The summed E-state index contributed by atoms with van der Waals surface area (Å²) in [6, 6.07) is 0. The highest BCUT2D eigenvalue weighted by Crippen LogP contribution is 2.08. The summed E-state index contributed by atoms with van der Waals surface area (Å²) >= 11 is 0. The maximum absolute atomic E-state index is 10.5. The number of aliphatic carboxylic acids is 1. The number of carbonyl (C=O) groups excluding carboxylic acids is 1. The summed E-state index contributed by atoms with van der Waals surface area (Å²) in [7, 11) is 1.35. The van der Waals surface area contributed by atoms with Crippen LogP contribution in [0.15, 0.2) is 36.1 Å². The first kappa shape index (κ1) is 17.9. The van der Waals surface area contributed by atoms with Gasteiger partial charge in [-0.3, -0.25) is 14.9 Å². The predicted molar refractivity (Wildman–Crippen MR) is 64.4 cm³/mol. The Morgan fingerprint density at radius 3 is 2.06 bits per heavy atom. The number of nitrogens with zero attached hydrogens (tertiary/aromatic N) is 1. The van der Waals surface area contributed by atoms with Gasteiger partial charge in [-0.05, 0) is 13.0 Å². The molecule has 0 aliphatic carbocycles. The molecule has 0 atom stereocenters. The van der Waals surface area contributed by atoms with Gasteiger partial charge in [-0.15, -0.1) is 0 Å². The number of carbonyl (C=O) groups is 2. The Balaban J connectivity index is 0. The zero-order valence-electron chi connectivity index (χ0n) is 10.4. The third kappa shape index (κ3) is 7.80. The number of hydrogen-bond donors (Lipinski definition) is 1. The lowest BCUT2D eigenvalue weighted by atomic mass is 10.2. The average molecular weight is 257 g/mol. The standard InChI is InChI=1S/C8H9NO4.C3H6O2/c1-3-5-7(9(12)13)6(4-2)8(10)11;1-3(4)5-2/h3-5H,2H2,1H3,(H,10,11);1-2H3/b5-3-,7-6-;. The fourth-order valence-electron chi connectivity index (χ4n) is 0.708. The topological polar surface area (TPSA) is 107 Å². The van der Waals surface area contributed by atoms with Crippen LogP contribution in [0.25, 0.3) is 0 Å². The second-order valence-electron chi connectivity index (χ2n) is 2.76. The lowest BCUT2D eigenvalue weighted by molar-refractivity contribution is -0.419. The van der Waals surface area contributed by atoms with Crippen molar-refractivity contribution < 1.29 is 24.4 Å². The maximum Gasteiger partial charge on any atom is 0.342 e. The van der Waals surface area contributed by atoms with Crippen LogP contribution >= 0.6 is 0 Å². The van der Waals surface area contributed by atoms with Crippen molar-refractivity contribution in [1.29, 1.82) is 0 Å². The number of methoxy groups -OCH3 is 1. The van der Waals surface area contributed by atoms with E-state index in [2.05, 4.69) is 11.3 Å². The van der Waals surface area contributed by atoms with Gasteiger partial charge < -0.3 is 9.84 Å². The molecule has 0 saturated heterocycles. The van der Waals surface area contributed by atoms with Gasteiger partial charge in [0.15, 0.2) is 0 Å². The monoisotopic (exact) mass is 257 g/mol. The largest absolute Gasteiger partial charge is 0.477 e. The maximum atomic E-state index is 10.5. The van der Waals surface area contributed by atoms with Gasteiger partial charge in [0.25, 0.3) is 5.70 Å². The summed E-state index contributed by atoms with van der Waals surface area (Å²) in [4.78, 5) is 29.7. The molecule has 0 spiro atoms. The molecule has 0 rings (SSSR count). The van der Waals surface area contributed by atoms with Crippen LogP contribution in [0.4, 0.5) is 0 Å². The van der Waals surface area contributed by atoms with E-state index in [-0.39, 0.29) is 5.97 Å². The molecular formula is C11H15NO6. The molecule has 0 aliphatic heterocycles. The van der Waals surface area contributed by atoms with Gasteiger partial charge in [-0.2, -0.15) is 0 Å². The van der Waals surface area contributed by atoms with Crippen molar-refractivity contribution in [3.05, 3.63) is 46.2 Å². The van der Waals surface area contributed by atoms with E-state index in [0.29, 0.717) is 0 Å². The summed E-state index contributed by atoms with van der Waals surface area (Å²) in [6.07, 6.45) is 3.45. The van der Waals surface area contributed by atoms with Crippen LogP contribution in [0.2, 0.25) is 0 Å². The highest BCUT2D eigenvalue weighted by atomic mass is 16.6. The molecule has 0 unspecified atom stereocenters. The third-order valence-electron chi connectivity index (χ3n) is 1.52. The first-order valence-corrected chi connectivity index (χ1v) is 4.73. The number of rotatable bonds is 4. The molecule has 1 N–H and O–H groups in total. The Morgan fingerprint density at radius 2 is 1.89 bits per heavy atom. The third-order valence-corrected chi connectivity index (χ3v) is 1.52. The number of carboxylic acids is 1. The number of esters is 1. The minimum absolute atomic E-state index is 0.245. The number of hydrogen-bond acceptors (Lipinski definition) is 5. The van der Waals surface area contributed by atoms with Crippen LogP contribution in [0.3, 0.4) is 0 Å². The second-order valence-corrected chi connectivity index (χ2v) is 2.76. The second kappa shape index (κ2) is 9.76. The molecule has 0 aromatic heterocycles. The van der Waals surface area contributed by atoms with E-state index in [9.17, 15) is 19.7 Å². The van der Waals surface area contributed by atoms with Crippen LogP contribution in [0, 0.1) is 10.1 Å². The van der Waals surface area contributed by atoms with Crippen molar-refractivity contribution in [2.24, 2.45) is 0 Å². The van der Waals surface area contributed by atoms with E-state index in [1.54, 1.807) is 6.92 Å². The van der Waals surface area contributed by atoms with Gasteiger partial charge >= 0.3 is 11.9 Å². The Kier molecular flexibility index (Phi) is 9.73. The summed E-state index contributed by atoms with van der Waals surface area (Å²) in [5, 5.41) is 18.9. The Hall–Kier alpha value is -2.44. The lowest BCUT2D eigenvalue weighted by Crippen LogP contribution is -2.07. The molecule has 0 saturated carbocycles. The van der Waals surface area contributed by atoms with Gasteiger partial charge in [0.2, 0.25) is 0 Å². The van der Waals surface area contributed by atoms with Crippen molar-refractivity contribution in [3.63, 3.8) is 0 Å². The highest BCUT2D eigenvalue weighted by Gasteiger charge is 2.18. The van der Waals surface area contributed by atoms with Crippen LogP contribution in [-0.2, 0) is 14.3 Å². The van der Waals surface area contributed by atoms with E-state index in [1.165, 1.54) is 20.1 Å². The molecule has 0 aromatic rings. The molecule has 100 valence electrons. The molecule has 0 aromatic carbocycles. The van der Waals surface area contributed by atoms with E-state index >= 15 is 0 Å². The van der Waals surface area contributed by atoms with E-state index in [4.69, 9.17) is 5.11 Å². The molecule has 7 nitrogen and oxygen atoms in total. The quantitative estimate of drug-likeness (QED) is 0.269.